The van der Waals surface area contributed by atoms with Gasteiger partial charge in [-0.15, -0.1) is 0 Å². The van der Waals surface area contributed by atoms with Gasteiger partial charge in [0.05, 0.1) is 0 Å². The fraction of sp³-hybridized carbons (Fsp3) is 0.727. The van der Waals surface area contributed by atoms with Crippen molar-refractivity contribution in [2.24, 2.45) is 0 Å². The molecule has 16 heavy (non-hydrogen) atoms. The fourth-order valence-corrected chi connectivity index (χ4v) is 1.80. The lowest BCUT2D eigenvalue weighted by Crippen LogP contribution is -2.51. The monoisotopic (exact) mass is 226 g/mol. The zero-order valence-electron chi connectivity index (χ0n) is 10.2. The number of nitrogens with zero attached hydrogens (tertiary/aromatic N) is 2. The molecule has 0 bridgehead atoms. The van der Waals surface area contributed by atoms with Gasteiger partial charge in [-0.05, 0) is 27.7 Å². The Balaban J connectivity index is 3.07. The summed E-state index contributed by atoms with van der Waals surface area (Å²) in [5, 5.41) is 0. The van der Waals surface area contributed by atoms with E-state index < -0.39 is 6.03 Å². The van der Waals surface area contributed by atoms with Gasteiger partial charge in [-0.2, -0.15) is 0 Å². The van der Waals surface area contributed by atoms with Gasteiger partial charge in [0.2, 0.25) is 11.8 Å². The highest BCUT2D eigenvalue weighted by molar-refractivity contribution is 6.06. The molecule has 1 heterocycles. The number of urea groups is 1. The Kier molecular flexibility index (Phi) is 3.67. The number of imide groups is 2. The summed E-state index contributed by atoms with van der Waals surface area (Å²) in [4.78, 5) is 37.8. The molecule has 0 N–H and O–H groups in total. The van der Waals surface area contributed by atoms with Crippen molar-refractivity contribution in [3.8, 4) is 0 Å². The van der Waals surface area contributed by atoms with E-state index in [2.05, 4.69) is 0 Å². The zero-order valence-corrected chi connectivity index (χ0v) is 10.2. The quantitative estimate of drug-likeness (QED) is 0.714. The molecule has 0 saturated carbocycles. The van der Waals surface area contributed by atoms with E-state index in [0.717, 1.165) is 0 Å². The molecule has 0 spiro atoms. The Hall–Kier alpha value is -1.39. The van der Waals surface area contributed by atoms with Crippen molar-refractivity contribution in [3.63, 3.8) is 0 Å². The van der Waals surface area contributed by atoms with E-state index in [1.54, 1.807) is 27.7 Å². The molecule has 5 nitrogen and oxygen atoms in total. The Morgan fingerprint density at radius 2 is 1.12 bits per heavy atom. The molecule has 0 aromatic rings. The average Bonchev–Trinajstić information content (AvgIpc) is 2.23. The lowest BCUT2D eigenvalue weighted by molar-refractivity contribution is -0.130. The van der Waals surface area contributed by atoms with Crippen LogP contribution in [-0.4, -0.2) is 39.7 Å². The molecule has 1 aliphatic rings. The number of amides is 4. The van der Waals surface area contributed by atoms with Crippen LogP contribution in [0.5, 0.6) is 0 Å². The van der Waals surface area contributed by atoms with Crippen LogP contribution in [0.2, 0.25) is 0 Å². The third kappa shape index (κ3) is 2.23. The first-order valence-electron chi connectivity index (χ1n) is 5.54. The van der Waals surface area contributed by atoms with E-state index in [4.69, 9.17) is 0 Å². The van der Waals surface area contributed by atoms with E-state index >= 15 is 0 Å². The smallest absolute Gasteiger partial charge is 0.274 e. The van der Waals surface area contributed by atoms with Gasteiger partial charge in [0.25, 0.3) is 0 Å². The van der Waals surface area contributed by atoms with Gasteiger partial charge in [-0.25, -0.2) is 4.79 Å². The summed E-state index contributed by atoms with van der Waals surface area (Å²) in [6.45, 7) is 7.07. The molecule has 4 amide bonds. The van der Waals surface area contributed by atoms with E-state index in [-0.39, 0.29) is 36.7 Å². The van der Waals surface area contributed by atoms with Crippen LogP contribution in [0.3, 0.4) is 0 Å². The third-order valence-corrected chi connectivity index (χ3v) is 2.54. The minimum absolute atomic E-state index is 0.117. The molecule has 0 unspecified atom stereocenters. The standard InChI is InChI=1S/C11H18N2O3/c1-7(2)12-9(14)5-6-10(15)13(8(3)4)11(12)16/h7-8H,5-6H2,1-4H3. The molecule has 0 aromatic heterocycles. The summed E-state index contributed by atoms with van der Waals surface area (Å²) < 4.78 is 0. The van der Waals surface area contributed by atoms with Crippen molar-refractivity contribution in [2.75, 3.05) is 0 Å². The van der Waals surface area contributed by atoms with Crippen LogP contribution in [0, 0.1) is 0 Å². The van der Waals surface area contributed by atoms with E-state index in [0.29, 0.717) is 0 Å². The predicted molar refractivity (Wildman–Crippen MR) is 58.6 cm³/mol. The van der Waals surface area contributed by atoms with Crippen LogP contribution in [-0.2, 0) is 9.59 Å². The summed E-state index contributed by atoms with van der Waals surface area (Å²) in [7, 11) is 0. The molecular formula is C11H18N2O3. The van der Waals surface area contributed by atoms with Crippen LogP contribution >= 0.6 is 0 Å². The second kappa shape index (κ2) is 4.63. The second-order valence-electron chi connectivity index (χ2n) is 4.50. The molecule has 0 radical (unpaired) electrons. The molecule has 0 atom stereocenters. The first kappa shape index (κ1) is 12.7. The molecule has 90 valence electrons. The first-order chi connectivity index (χ1) is 7.36. The van der Waals surface area contributed by atoms with Gasteiger partial charge in [0.15, 0.2) is 0 Å². The predicted octanol–water partition coefficient (Wildman–Crippen LogP) is 1.37. The summed E-state index contributed by atoms with van der Waals surface area (Å²) in [5.41, 5.74) is 0. The summed E-state index contributed by atoms with van der Waals surface area (Å²) in [6, 6.07) is -0.920. The van der Waals surface area contributed by atoms with E-state index in [9.17, 15) is 14.4 Å². The first-order valence-corrected chi connectivity index (χ1v) is 5.54. The third-order valence-electron chi connectivity index (χ3n) is 2.54. The highest BCUT2D eigenvalue weighted by Gasteiger charge is 2.36. The number of rotatable bonds is 2. The maximum atomic E-state index is 12.1. The lowest BCUT2D eigenvalue weighted by Gasteiger charge is -2.30. The maximum absolute atomic E-state index is 12.1. The van der Waals surface area contributed by atoms with Crippen LogP contribution in [0.1, 0.15) is 40.5 Å². The SMILES string of the molecule is CC(C)N1C(=O)CCC(=O)N(C(C)C)C1=O. The fourth-order valence-electron chi connectivity index (χ4n) is 1.80. The van der Waals surface area contributed by atoms with Gasteiger partial charge in [-0.1, -0.05) is 0 Å². The van der Waals surface area contributed by atoms with Crippen LogP contribution in [0.15, 0.2) is 0 Å². The topological polar surface area (TPSA) is 57.7 Å². The van der Waals surface area contributed by atoms with E-state index in [1.165, 1.54) is 9.80 Å². The second-order valence-corrected chi connectivity index (χ2v) is 4.50. The van der Waals surface area contributed by atoms with Gasteiger partial charge in [0.1, 0.15) is 0 Å². The maximum Gasteiger partial charge on any atom is 0.333 e. The Morgan fingerprint density at radius 3 is 1.38 bits per heavy atom. The lowest BCUT2D eigenvalue weighted by atomic mass is 10.2. The Bertz CT molecular complexity index is 293. The van der Waals surface area contributed by atoms with Crippen LogP contribution in [0.25, 0.3) is 0 Å². The van der Waals surface area contributed by atoms with Crippen molar-refractivity contribution < 1.29 is 14.4 Å². The van der Waals surface area contributed by atoms with Crippen molar-refractivity contribution in [1.29, 1.82) is 0 Å². The van der Waals surface area contributed by atoms with Crippen molar-refractivity contribution in [3.05, 3.63) is 0 Å². The molecule has 1 saturated heterocycles. The Morgan fingerprint density at radius 1 is 0.812 bits per heavy atom. The molecule has 1 rings (SSSR count). The van der Waals surface area contributed by atoms with Crippen molar-refractivity contribution in [1.82, 2.24) is 9.80 Å². The molecule has 1 fully saturated rings. The van der Waals surface area contributed by atoms with Gasteiger partial charge < -0.3 is 0 Å². The number of carbonyl (C=O) groups excluding carboxylic acids is 3. The molecule has 0 aromatic carbocycles. The summed E-state index contributed by atoms with van der Waals surface area (Å²) in [5.74, 6) is -0.534. The molecule has 0 aliphatic carbocycles. The average molecular weight is 226 g/mol. The molecule has 5 heteroatoms. The minimum Gasteiger partial charge on any atom is -0.274 e. The highest BCUT2D eigenvalue weighted by atomic mass is 16.2. The molecular weight excluding hydrogens is 208 g/mol. The van der Waals surface area contributed by atoms with Crippen LogP contribution in [0.4, 0.5) is 4.79 Å². The Labute approximate surface area is 95.4 Å². The zero-order chi connectivity index (χ0) is 12.5. The normalized spacial score (nSPS) is 18.8. The number of hydrogen-bond donors (Lipinski definition) is 0. The largest absolute Gasteiger partial charge is 0.333 e. The van der Waals surface area contributed by atoms with Gasteiger partial charge >= 0.3 is 6.03 Å². The van der Waals surface area contributed by atoms with Gasteiger partial charge in [0, 0.05) is 24.9 Å². The minimum atomic E-state index is -0.488. The summed E-state index contributed by atoms with van der Waals surface area (Å²) in [6.07, 6.45) is 0.234. The van der Waals surface area contributed by atoms with Crippen molar-refractivity contribution in [2.45, 2.75) is 52.6 Å². The highest BCUT2D eigenvalue weighted by Crippen LogP contribution is 2.17. The van der Waals surface area contributed by atoms with E-state index in [1.807, 2.05) is 0 Å². The van der Waals surface area contributed by atoms with Gasteiger partial charge in [-0.3, -0.25) is 19.4 Å². The number of carbonyl (C=O) groups is 3. The summed E-state index contributed by atoms with van der Waals surface area (Å²) >= 11 is 0. The van der Waals surface area contributed by atoms with Crippen molar-refractivity contribution >= 4 is 17.8 Å². The molecule has 1 aliphatic heterocycles. The number of hydrogen-bond acceptors (Lipinski definition) is 3. The van der Waals surface area contributed by atoms with Crippen LogP contribution < -0.4 is 0 Å².